The number of hydrogen-bond donors (Lipinski definition) is 1. The summed E-state index contributed by atoms with van der Waals surface area (Å²) < 4.78 is 14.5. The van der Waals surface area contributed by atoms with Gasteiger partial charge in [0.1, 0.15) is 5.82 Å². The average Bonchev–Trinajstić information content (AvgIpc) is 2.40. The zero-order chi connectivity index (χ0) is 13.0. The van der Waals surface area contributed by atoms with Gasteiger partial charge in [-0.3, -0.25) is 0 Å². The second-order valence-corrected chi connectivity index (χ2v) is 5.21. The summed E-state index contributed by atoms with van der Waals surface area (Å²) in [6.07, 6.45) is 1.37. The first kappa shape index (κ1) is 13.2. The van der Waals surface area contributed by atoms with Gasteiger partial charge in [0.15, 0.2) is 0 Å². The fourth-order valence-electron chi connectivity index (χ4n) is 1.91. The van der Waals surface area contributed by atoms with Gasteiger partial charge in [-0.1, -0.05) is 46.3 Å². The van der Waals surface area contributed by atoms with Crippen LogP contribution in [0.4, 0.5) is 4.39 Å². The number of aryl methyl sites for hydroxylation is 1. The van der Waals surface area contributed by atoms with Gasteiger partial charge < -0.3 is 5.73 Å². The second kappa shape index (κ2) is 6.12. The van der Waals surface area contributed by atoms with Crippen LogP contribution in [0.1, 0.15) is 23.6 Å². The summed E-state index contributed by atoms with van der Waals surface area (Å²) in [5.74, 6) is -0.168. The van der Waals surface area contributed by atoms with Crippen LogP contribution < -0.4 is 5.73 Å². The first-order chi connectivity index (χ1) is 8.66. The number of hydrogen-bond acceptors (Lipinski definition) is 1. The van der Waals surface area contributed by atoms with E-state index >= 15 is 0 Å². The van der Waals surface area contributed by atoms with Crippen LogP contribution in [0.2, 0.25) is 0 Å². The maximum absolute atomic E-state index is 13.6. The van der Waals surface area contributed by atoms with Crippen LogP contribution in [0.25, 0.3) is 0 Å². The van der Waals surface area contributed by atoms with Crippen molar-refractivity contribution in [3.63, 3.8) is 0 Å². The van der Waals surface area contributed by atoms with Crippen molar-refractivity contribution in [2.45, 2.75) is 18.9 Å². The Kier molecular flexibility index (Phi) is 4.50. The van der Waals surface area contributed by atoms with E-state index in [1.807, 2.05) is 36.4 Å². The summed E-state index contributed by atoms with van der Waals surface area (Å²) in [5.41, 5.74) is 7.89. The van der Waals surface area contributed by atoms with Gasteiger partial charge in [0.2, 0.25) is 0 Å². The summed E-state index contributed by atoms with van der Waals surface area (Å²) in [7, 11) is 0. The Balaban J connectivity index is 2.01. The molecule has 0 saturated carbocycles. The Hall–Kier alpha value is -1.19. The van der Waals surface area contributed by atoms with Crippen molar-refractivity contribution in [3.8, 4) is 0 Å². The van der Waals surface area contributed by atoms with E-state index in [1.165, 1.54) is 6.07 Å². The SMILES string of the molecule is NC(CCc1cc(Br)ccc1F)c1ccccc1. The summed E-state index contributed by atoms with van der Waals surface area (Å²) >= 11 is 3.35. The largest absolute Gasteiger partial charge is 0.324 e. The molecule has 0 spiro atoms. The molecule has 18 heavy (non-hydrogen) atoms. The zero-order valence-corrected chi connectivity index (χ0v) is 11.5. The molecule has 0 bridgehead atoms. The van der Waals surface area contributed by atoms with Crippen molar-refractivity contribution in [2.75, 3.05) is 0 Å². The molecule has 0 fully saturated rings. The number of rotatable bonds is 4. The predicted octanol–water partition coefficient (Wildman–Crippen LogP) is 4.22. The highest BCUT2D eigenvalue weighted by Crippen LogP contribution is 2.20. The van der Waals surface area contributed by atoms with E-state index in [0.717, 1.165) is 16.5 Å². The first-order valence-corrected chi connectivity index (χ1v) is 6.70. The third-order valence-electron chi connectivity index (χ3n) is 2.96. The molecule has 1 nitrogen and oxygen atoms in total. The van der Waals surface area contributed by atoms with Gasteiger partial charge in [-0.25, -0.2) is 4.39 Å². The Morgan fingerprint density at radius 1 is 1.11 bits per heavy atom. The molecule has 1 unspecified atom stereocenters. The van der Waals surface area contributed by atoms with Gasteiger partial charge in [-0.15, -0.1) is 0 Å². The Morgan fingerprint density at radius 2 is 1.83 bits per heavy atom. The monoisotopic (exact) mass is 307 g/mol. The third kappa shape index (κ3) is 3.40. The lowest BCUT2D eigenvalue weighted by atomic mass is 10.00. The minimum Gasteiger partial charge on any atom is -0.324 e. The van der Waals surface area contributed by atoms with Crippen LogP contribution in [0.15, 0.2) is 53.0 Å². The van der Waals surface area contributed by atoms with Crippen LogP contribution in [-0.4, -0.2) is 0 Å². The molecule has 2 N–H and O–H groups in total. The Bertz CT molecular complexity index is 513. The molecule has 0 aliphatic heterocycles. The fraction of sp³-hybridized carbons (Fsp3) is 0.200. The van der Waals surface area contributed by atoms with Gasteiger partial charge in [0.05, 0.1) is 0 Å². The lowest BCUT2D eigenvalue weighted by Gasteiger charge is -2.12. The quantitative estimate of drug-likeness (QED) is 0.899. The minimum absolute atomic E-state index is 0.0513. The minimum atomic E-state index is -0.168. The fourth-order valence-corrected chi connectivity index (χ4v) is 2.32. The molecule has 0 heterocycles. The number of nitrogens with two attached hydrogens (primary N) is 1. The van der Waals surface area contributed by atoms with Crippen molar-refractivity contribution in [1.29, 1.82) is 0 Å². The van der Waals surface area contributed by atoms with Crippen LogP contribution >= 0.6 is 15.9 Å². The van der Waals surface area contributed by atoms with E-state index in [4.69, 9.17) is 5.73 Å². The summed E-state index contributed by atoms with van der Waals surface area (Å²) in [6, 6.07) is 14.8. The molecule has 0 amide bonds. The molecule has 0 aromatic heterocycles. The van der Waals surface area contributed by atoms with Gasteiger partial charge in [-0.05, 0) is 42.2 Å². The van der Waals surface area contributed by atoms with Crippen molar-refractivity contribution < 1.29 is 4.39 Å². The molecular formula is C15H15BrFN. The zero-order valence-electron chi connectivity index (χ0n) is 9.94. The molecule has 0 aliphatic rings. The normalized spacial score (nSPS) is 12.4. The summed E-state index contributed by atoms with van der Waals surface area (Å²) in [5, 5.41) is 0. The van der Waals surface area contributed by atoms with Gasteiger partial charge in [0, 0.05) is 10.5 Å². The van der Waals surface area contributed by atoms with E-state index in [2.05, 4.69) is 15.9 Å². The molecule has 2 aromatic carbocycles. The molecule has 0 saturated heterocycles. The topological polar surface area (TPSA) is 26.0 Å². The molecule has 0 aliphatic carbocycles. The standard InChI is InChI=1S/C15H15BrFN/c16-13-7-8-14(17)12(10-13)6-9-15(18)11-4-2-1-3-5-11/h1-5,7-8,10,15H,6,9,18H2. The summed E-state index contributed by atoms with van der Waals surface area (Å²) in [6.45, 7) is 0. The third-order valence-corrected chi connectivity index (χ3v) is 3.45. The van der Waals surface area contributed by atoms with Crippen molar-refractivity contribution >= 4 is 15.9 Å². The maximum atomic E-state index is 13.6. The van der Waals surface area contributed by atoms with E-state index in [0.29, 0.717) is 12.0 Å². The molecule has 2 aromatic rings. The van der Waals surface area contributed by atoms with Crippen LogP contribution in [-0.2, 0) is 6.42 Å². The van der Waals surface area contributed by atoms with E-state index in [9.17, 15) is 4.39 Å². The van der Waals surface area contributed by atoms with Crippen molar-refractivity contribution in [2.24, 2.45) is 5.73 Å². The maximum Gasteiger partial charge on any atom is 0.126 e. The van der Waals surface area contributed by atoms with Gasteiger partial charge in [0.25, 0.3) is 0 Å². The molecule has 3 heteroatoms. The number of halogens is 2. The van der Waals surface area contributed by atoms with Crippen LogP contribution in [0, 0.1) is 5.82 Å². The lowest BCUT2D eigenvalue weighted by Crippen LogP contribution is -2.11. The Morgan fingerprint density at radius 3 is 2.56 bits per heavy atom. The highest BCUT2D eigenvalue weighted by atomic mass is 79.9. The molecule has 2 rings (SSSR count). The van der Waals surface area contributed by atoms with Gasteiger partial charge in [-0.2, -0.15) is 0 Å². The predicted molar refractivity (Wildman–Crippen MR) is 75.8 cm³/mol. The molecule has 94 valence electrons. The van der Waals surface area contributed by atoms with Crippen molar-refractivity contribution in [1.82, 2.24) is 0 Å². The van der Waals surface area contributed by atoms with E-state index in [-0.39, 0.29) is 11.9 Å². The Labute approximate surface area is 115 Å². The molecule has 0 radical (unpaired) electrons. The first-order valence-electron chi connectivity index (χ1n) is 5.91. The number of benzene rings is 2. The highest BCUT2D eigenvalue weighted by Gasteiger charge is 2.08. The second-order valence-electron chi connectivity index (χ2n) is 4.29. The molecule has 1 atom stereocenters. The lowest BCUT2D eigenvalue weighted by molar-refractivity contribution is 0.586. The van der Waals surface area contributed by atoms with Crippen LogP contribution in [0.3, 0.4) is 0 Å². The average molecular weight is 308 g/mol. The van der Waals surface area contributed by atoms with E-state index in [1.54, 1.807) is 6.07 Å². The van der Waals surface area contributed by atoms with Crippen molar-refractivity contribution in [3.05, 3.63) is 69.9 Å². The van der Waals surface area contributed by atoms with E-state index < -0.39 is 0 Å². The van der Waals surface area contributed by atoms with Gasteiger partial charge >= 0.3 is 0 Å². The van der Waals surface area contributed by atoms with Crippen LogP contribution in [0.5, 0.6) is 0 Å². The highest BCUT2D eigenvalue weighted by molar-refractivity contribution is 9.10. The molecular weight excluding hydrogens is 293 g/mol. The smallest absolute Gasteiger partial charge is 0.126 e. The summed E-state index contributed by atoms with van der Waals surface area (Å²) in [4.78, 5) is 0.